The molecule has 1 aromatic carbocycles. The van der Waals surface area contributed by atoms with Gasteiger partial charge in [-0.3, -0.25) is 10.1 Å². The van der Waals surface area contributed by atoms with Crippen molar-refractivity contribution in [1.29, 1.82) is 0 Å². The molecule has 3 aromatic rings. The summed E-state index contributed by atoms with van der Waals surface area (Å²) in [6, 6.07) is 8.25. The van der Waals surface area contributed by atoms with Crippen molar-refractivity contribution in [2.45, 2.75) is 0 Å². The van der Waals surface area contributed by atoms with E-state index in [1.807, 2.05) is 6.07 Å². The summed E-state index contributed by atoms with van der Waals surface area (Å²) in [6.45, 7) is 0. The van der Waals surface area contributed by atoms with Crippen molar-refractivity contribution < 1.29 is 9.13 Å². The van der Waals surface area contributed by atoms with Crippen molar-refractivity contribution >= 4 is 5.82 Å². The van der Waals surface area contributed by atoms with Gasteiger partial charge in [0.05, 0.1) is 23.9 Å². The van der Waals surface area contributed by atoms with Crippen molar-refractivity contribution in [2.75, 3.05) is 12.8 Å². The molecule has 106 valence electrons. The van der Waals surface area contributed by atoms with Gasteiger partial charge in [-0.15, -0.1) is 0 Å². The van der Waals surface area contributed by atoms with Crippen LogP contribution in [0.4, 0.5) is 10.2 Å². The maximum absolute atomic E-state index is 14.2. The number of nitrogen functional groups attached to an aromatic ring is 1. The zero-order valence-electron chi connectivity index (χ0n) is 11.3. The first-order valence-corrected chi connectivity index (χ1v) is 6.29. The van der Waals surface area contributed by atoms with Crippen molar-refractivity contribution in [3.05, 3.63) is 48.5 Å². The van der Waals surface area contributed by atoms with Gasteiger partial charge in [0.15, 0.2) is 5.82 Å². The van der Waals surface area contributed by atoms with Gasteiger partial charge in [-0.1, -0.05) is 12.1 Å². The summed E-state index contributed by atoms with van der Waals surface area (Å²) in [6.07, 6.45) is 3.31. The number of benzene rings is 1. The first-order chi connectivity index (χ1) is 10.2. The quantitative estimate of drug-likeness (QED) is 0.775. The van der Waals surface area contributed by atoms with E-state index in [-0.39, 0.29) is 5.82 Å². The number of aromatic amines is 1. The van der Waals surface area contributed by atoms with E-state index in [0.717, 1.165) is 5.56 Å². The summed E-state index contributed by atoms with van der Waals surface area (Å²) in [5.74, 6) is 0.273. The molecule has 0 saturated heterocycles. The van der Waals surface area contributed by atoms with E-state index in [0.29, 0.717) is 22.6 Å². The van der Waals surface area contributed by atoms with Gasteiger partial charge >= 0.3 is 0 Å². The number of nitrogens with one attached hydrogen (secondary N) is 1. The third kappa shape index (κ3) is 2.20. The molecule has 0 fully saturated rings. The average Bonchev–Trinajstić information content (AvgIpc) is 2.89. The Morgan fingerprint density at radius 2 is 2.05 bits per heavy atom. The van der Waals surface area contributed by atoms with Crippen LogP contribution in [0.1, 0.15) is 0 Å². The minimum absolute atomic E-state index is 0.281. The van der Waals surface area contributed by atoms with Gasteiger partial charge in [0.2, 0.25) is 0 Å². The smallest absolute Gasteiger partial charge is 0.153 e. The van der Waals surface area contributed by atoms with Gasteiger partial charge in [-0.05, 0) is 18.2 Å². The van der Waals surface area contributed by atoms with Crippen LogP contribution in [-0.2, 0) is 0 Å². The van der Waals surface area contributed by atoms with Gasteiger partial charge in [-0.25, -0.2) is 4.39 Å². The molecule has 0 bridgehead atoms. The lowest BCUT2D eigenvalue weighted by Gasteiger charge is -2.10. The van der Waals surface area contributed by atoms with Gasteiger partial charge in [-0.2, -0.15) is 5.10 Å². The number of H-pyrrole nitrogens is 1. The van der Waals surface area contributed by atoms with Crippen LogP contribution in [0.2, 0.25) is 0 Å². The number of aromatic nitrogens is 3. The Balaban J connectivity index is 2.27. The summed E-state index contributed by atoms with van der Waals surface area (Å²) < 4.78 is 19.5. The van der Waals surface area contributed by atoms with E-state index < -0.39 is 5.82 Å². The average molecular weight is 284 g/mol. The number of ether oxygens (including phenoxy) is 1. The Bertz CT molecular complexity index is 771. The standard InChI is InChI=1S/C15H13FN4O/c1-21-11-6-2-5-10(16)13(11)14-12(15(17)20-19-14)9-4-3-7-18-8-9/h2-8H,1H3,(H3,17,19,20). The van der Waals surface area contributed by atoms with E-state index in [1.165, 1.54) is 13.2 Å². The number of hydrogen-bond donors (Lipinski definition) is 2. The molecular weight excluding hydrogens is 271 g/mol. The van der Waals surface area contributed by atoms with Gasteiger partial charge < -0.3 is 10.5 Å². The molecular formula is C15H13FN4O. The maximum Gasteiger partial charge on any atom is 0.153 e. The van der Waals surface area contributed by atoms with Crippen LogP contribution in [0.5, 0.6) is 5.75 Å². The van der Waals surface area contributed by atoms with Crippen molar-refractivity contribution in [2.24, 2.45) is 0 Å². The number of methoxy groups -OCH3 is 1. The zero-order chi connectivity index (χ0) is 14.8. The molecule has 5 nitrogen and oxygen atoms in total. The minimum Gasteiger partial charge on any atom is -0.496 e. The highest BCUT2D eigenvalue weighted by Crippen LogP contribution is 2.39. The number of nitrogens with zero attached hydrogens (tertiary/aromatic N) is 2. The van der Waals surface area contributed by atoms with Gasteiger partial charge in [0, 0.05) is 18.0 Å². The Hall–Kier alpha value is -2.89. The molecule has 0 spiro atoms. The predicted molar refractivity (Wildman–Crippen MR) is 78.2 cm³/mol. The molecule has 0 radical (unpaired) electrons. The predicted octanol–water partition coefficient (Wildman–Crippen LogP) is 2.87. The molecule has 2 aromatic heterocycles. The Morgan fingerprint density at radius 3 is 2.76 bits per heavy atom. The van der Waals surface area contributed by atoms with Crippen molar-refractivity contribution in [3.8, 4) is 28.1 Å². The molecule has 0 amide bonds. The number of hydrogen-bond acceptors (Lipinski definition) is 4. The van der Waals surface area contributed by atoms with E-state index in [4.69, 9.17) is 10.5 Å². The molecule has 0 saturated carbocycles. The Kier molecular flexibility index (Phi) is 3.27. The van der Waals surface area contributed by atoms with Crippen LogP contribution >= 0.6 is 0 Å². The normalized spacial score (nSPS) is 10.6. The summed E-state index contributed by atoms with van der Waals surface area (Å²) in [5, 5.41) is 6.77. The fraction of sp³-hybridized carbons (Fsp3) is 0.0667. The van der Waals surface area contributed by atoms with Gasteiger partial charge in [0.1, 0.15) is 11.6 Å². The summed E-state index contributed by atoms with van der Waals surface area (Å²) >= 11 is 0. The van der Waals surface area contributed by atoms with Crippen molar-refractivity contribution in [3.63, 3.8) is 0 Å². The van der Waals surface area contributed by atoms with Crippen LogP contribution in [0, 0.1) is 5.82 Å². The Morgan fingerprint density at radius 1 is 1.19 bits per heavy atom. The molecule has 0 atom stereocenters. The number of anilines is 1. The largest absolute Gasteiger partial charge is 0.496 e. The van der Waals surface area contributed by atoms with Crippen LogP contribution in [0.3, 0.4) is 0 Å². The molecule has 3 rings (SSSR count). The van der Waals surface area contributed by atoms with Crippen LogP contribution in [0.25, 0.3) is 22.4 Å². The zero-order valence-corrected chi connectivity index (χ0v) is 11.3. The molecule has 0 aliphatic heterocycles. The second-order valence-corrected chi connectivity index (χ2v) is 4.42. The fourth-order valence-electron chi connectivity index (χ4n) is 2.26. The van der Waals surface area contributed by atoms with Crippen LogP contribution in [0.15, 0.2) is 42.7 Å². The minimum atomic E-state index is -0.414. The van der Waals surface area contributed by atoms with Crippen molar-refractivity contribution in [1.82, 2.24) is 15.2 Å². The first-order valence-electron chi connectivity index (χ1n) is 6.29. The molecule has 6 heteroatoms. The lowest BCUT2D eigenvalue weighted by molar-refractivity contribution is 0.413. The lowest BCUT2D eigenvalue weighted by atomic mass is 10.0. The second kappa shape index (κ2) is 5.24. The molecule has 0 aliphatic carbocycles. The number of halogens is 1. The van der Waals surface area contributed by atoms with E-state index in [1.54, 1.807) is 30.6 Å². The number of rotatable bonds is 3. The van der Waals surface area contributed by atoms with E-state index in [9.17, 15) is 4.39 Å². The Labute approximate surface area is 120 Å². The fourth-order valence-corrected chi connectivity index (χ4v) is 2.26. The van der Waals surface area contributed by atoms with Gasteiger partial charge in [0.25, 0.3) is 0 Å². The van der Waals surface area contributed by atoms with E-state index >= 15 is 0 Å². The SMILES string of the molecule is COc1cccc(F)c1-c1[nH]nc(N)c1-c1cccnc1. The monoisotopic (exact) mass is 284 g/mol. The highest BCUT2D eigenvalue weighted by Gasteiger charge is 2.21. The summed E-state index contributed by atoms with van der Waals surface area (Å²) in [5.41, 5.74) is 8.04. The highest BCUT2D eigenvalue weighted by molar-refractivity contribution is 5.89. The third-order valence-corrected chi connectivity index (χ3v) is 3.19. The highest BCUT2D eigenvalue weighted by atomic mass is 19.1. The summed E-state index contributed by atoms with van der Waals surface area (Å²) in [7, 11) is 1.49. The van der Waals surface area contributed by atoms with E-state index in [2.05, 4.69) is 15.2 Å². The van der Waals surface area contributed by atoms with Crippen LogP contribution < -0.4 is 10.5 Å². The first kappa shape index (κ1) is 13.1. The molecule has 0 aliphatic rings. The molecule has 21 heavy (non-hydrogen) atoms. The lowest BCUT2D eigenvalue weighted by Crippen LogP contribution is -1.94. The van der Waals surface area contributed by atoms with Crippen LogP contribution in [-0.4, -0.2) is 22.3 Å². The third-order valence-electron chi connectivity index (χ3n) is 3.19. The molecule has 0 unspecified atom stereocenters. The molecule has 3 N–H and O–H groups in total. The molecule has 2 heterocycles. The maximum atomic E-state index is 14.2. The second-order valence-electron chi connectivity index (χ2n) is 4.42. The topological polar surface area (TPSA) is 76.8 Å². The number of nitrogens with two attached hydrogens (primary N) is 1. The number of pyridine rings is 1. The summed E-state index contributed by atoms with van der Waals surface area (Å²) in [4.78, 5) is 4.06.